The van der Waals surface area contributed by atoms with Crippen molar-refractivity contribution in [2.24, 2.45) is 0 Å². The van der Waals surface area contributed by atoms with E-state index in [0.717, 1.165) is 32.2 Å². The van der Waals surface area contributed by atoms with Gasteiger partial charge in [0.2, 0.25) is 20.7 Å². The molecule has 1 aromatic rings. The van der Waals surface area contributed by atoms with Crippen LogP contribution in [0.5, 0.6) is 0 Å². The number of aromatic carboxylic acids is 1. The summed E-state index contributed by atoms with van der Waals surface area (Å²) in [4.78, 5) is 14.9. The minimum absolute atomic E-state index is 0.0662. The number of sulfone groups is 1. The predicted molar refractivity (Wildman–Crippen MR) is 71.7 cm³/mol. The Labute approximate surface area is 117 Å². The van der Waals surface area contributed by atoms with Crippen molar-refractivity contribution >= 4 is 15.8 Å². The smallest absolute Gasteiger partial charge is 0.371 e. The van der Waals surface area contributed by atoms with Crippen LogP contribution < -0.4 is 0 Å². The Balaban J connectivity index is 1.95. The minimum Gasteiger partial charge on any atom is -0.475 e. The fraction of sp³-hybridized carbons (Fsp3) is 0.583. The highest BCUT2D eigenvalue weighted by Gasteiger charge is 2.23. The quantitative estimate of drug-likeness (QED) is 0.818. The first-order chi connectivity index (χ1) is 9.38. The van der Waals surface area contributed by atoms with Crippen LogP contribution in [0.4, 0.5) is 0 Å². The molecule has 2 heterocycles. The molecule has 0 saturated carbocycles. The molecule has 0 spiro atoms. The van der Waals surface area contributed by atoms with Crippen LogP contribution in [0.2, 0.25) is 0 Å². The number of hydrogen-bond acceptors (Lipinski definition) is 6. The van der Waals surface area contributed by atoms with Crippen LogP contribution in [0, 0.1) is 0 Å². The Kier molecular flexibility index (Phi) is 4.46. The van der Waals surface area contributed by atoms with E-state index in [1.54, 1.807) is 0 Å². The fourth-order valence-corrected chi connectivity index (χ4v) is 3.22. The molecule has 0 atom stereocenters. The lowest BCUT2D eigenvalue weighted by Crippen LogP contribution is -2.45. The summed E-state index contributed by atoms with van der Waals surface area (Å²) in [6.45, 7) is 3.95. The van der Waals surface area contributed by atoms with Gasteiger partial charge in [-0.3, -0.25) is 4.90 Å². The zero-order valence-electron chi connectivity index (χ0n) is 11.3. The number of carboxylic acids is 1. The summed E-state index contributed by atoms with van der Waals surface area (Å²) in [5.41, 5.74) is 0. The number of likely N-dealkylation sites (N-methyl/N-ethyl adjacent to an activating group) is 1. The van der Waals surface area contributed by atoms with Gasteiger partial charge in [0.05, 0.1) is 5.75 Å². The second-order valence-electron chi connectivity index (χ2n) is 4.89. The zero-order valence-corrected chi connectivity index (χ0v) is 12.1. The van der Waals surface area contributed by atoms with Crippen LogP contribution in [0.1, 0.15) is 10.6 Å². The molecular weight excluding hydrogens is 284 g/mol. The lowest BCUT2D eigenvalue weighted by atomic mass is 10.3. The number of piperazine rings is 1. The van der Waals surface area contributed by atoms with E-state index in [4.69, 9.17) is 9.52 Å². The van der Waals surface area contributed by atoms with Gasteiger partial charge in [0.25, 0.3) is 0 Å². The molecule has 0 radical (unpaired) electrons. The topological polar surface area (TPSA) is 91.1 Å². The zero-order chi connectivity index (χ0) is 14.8. The lowest BCUT2D eigenvalue weighted by molar-refractivity contribution is 0.0656. The van der Waals surface area contributed by atoms with Gasteiger partial charge in [0, 0.05) is 32.7 Å². The molecule has 7 nitrogen and oxygen atoms in total. The monoisotopic (exact) mass is 302 g/mol. The molecule has 0 aromatic carbocycles. The van der Waals surface area contributed by atoms with E-state index in [0.29, 0.717) is 6.54 Å². The van der Waals surface area contributed by atoms with Crippen LogP contribution in [0.25, 0.3) is 0 Å². The number of nitrogens with zero attached hydrogens (tertiary/aromatic N) is 2. The van der Waals surface area contributed by atoms with Gasteiger partial charge in [0.1, 0.15) is 0 Å². The molecule has 1 fully saturated rings. The van der Waals surface area contributed by atoms with Gasteiger partial charge in [0.15, 0.2) is 0 Å². The van der Waals surface area contributed by atoms with E-state index in [2.05, 4.69) is 9.80 Å². The second-order valence-corrected chi connectivity index (χ2v) is 6.93. The maximum atomic E-state index is 12.1. The van der Waals surface area contributed by atoms with Gasteiger partial charge in [-0.25, -0.2) is 13.2 Å². The van der Waals surface area contributed by atoms with Crippen molar-refractivity contribution in [3.63, 3.8) is 0 Å². The van der Waals surface area contributed by atoms with E-state index in [1.807, 2.05) is 7.05 Å². The highest BCUT2D eigenvalue weighted by molar-refractivity contribution is 7.91. The van der Waals surface area contributed by atoms with Crippen LogP contribution >= 0.6 is 0 Å². The Morgan fingerprint density at radius 3 is 2.50 bits per heavy atom. The maximum Gasteiger partial charge on any atom is 0.371 e. The van der Waals surface area contributed by atoms with Crippen LogP contribution in [-0.2, 0) is 9.84 Å². The van der Waals surface area contributed by atoms with Crippen molar-refractivity contribution in [1.29, 1.82) is 0 Å². The third-order valence-electron chi connectivity index (χ3n) is 3.37. The van der Waals surface area contributed by atoms with Gasteiger partial charge < -0.3 is 14.4 Å². The van der Waals surface area contributed by atoms with Crippen molar-refractivity contribution in [2.75, 3.05) is 45.5 Å². The third kappa shape index (κ3) is 3.59. The van der Waals surface area contributed by atoms with E-state index in [9.17, 15) is 13.2 Å². The SMILES string of the molecule is CN1CCN(CCS(=O)(=O)c2ccc(C(=O)O)o2)CC1. The fourth-order valence-electron chi connectivity index (χ4n) is 2.02. The average Bonchev–Trinajstić information content (AvgIpc) is 2.89. The van der Waals surface area contributed by atoms with E-state index >= 15 is 0 Å². The summed E-state index contributed by atoms with van der Waals surface area (Å²) < 4.78 is 29.0. The molecule has 1 aromatic heterocycles. The maximum absolute atomic E-state index is 12.1. The predicted octanol–water partition coefficient (Wildman–Crippen LogP) is -0.00110. The highest BCUT2D eigenvalue weighted by Crippen LogP contribution is 2.16. The van der Waals surface area contributed by atoms with Crippen molar-refractivity contribution in [2.45, 2.75) is 5.09 Å². The van der Waals surface area contributed by atoms with Crippen molar-refractivity contribution < 1.29 is 22.7 Å². The second kappa shape index (κ2) is 5.94. The number of carbonyl (C=O) groups is 1. The van der Waals surface area contributed by atoms with Gasteiger partial charge >= 0.3 is 5.97 Å². The lowest BCUT2D eigenvalue weighted by Gasteiger charge is -2.32. The summed E-state index contributed by atoms with van der Waals surface area (Å²) in [5, 5.41) is 8.45. The van der Waals surface area contributed by atoms with Crippen LogP contribution in [-0.4, -0.2) is 74.8 Å². The van der Waals surface area contributed by atoms with E-state index < -0.39 is 15.8 Å². The molecule has 0 bridgehead atoms. The number of hydrogen-bond donors (Lipinski definition) is 1. The number of carboxylic acid groups (broad SMARTS) is 1. The Hall–Kier alpha value is -1.38. The van der Waals surface area contributed by atoms with E-state index in [-0.39, 0.29) is 16.6 Å². The van der Waals surface area contributed by atoms with Gasteiger partial charge in [-0.1, -0.05) is 0 Å². The Morgan fingerprint density at radius 1 is 1.30 bits per heavy atom. The molecule has 20 heavy (non-hydrogen) atoms. The molecule has 1 aliphatic heterocycles. The molecule has 1 aliphatic rings. The summed E-state index contributed by atoms with van der Waals surface area (Å²) in [5.74, 6) is -1.70. The van der Waals surface area contributed by atoms with Crippen molar-refractivity contribution in [1.82, 2.24) is 9.80 Å². The largest absolute Gasteiger partial charge is 0.475 e. The first kappa shape index (κ1) is 15.0. The van der Waals surface area contributed by atoms with Crippen molar-refractivity contribution in [3.8, 4) is 0 Å². The Bertz CT molecular complexity index is 572. The standard InChI is InChI=1S/C12H18N2O5S/c1-13-4-6-14(7-5-13)8-9-20(17,18)11-3-2-10(19-11)12(15)16/h2-3H,4-9H2,1H3,(H,15,16). The van der Waals surface area contributed by atoms with Crippen LogP contribution in [0.15, 0.2) is 21.6 Å². The molecule has 1 saturated heterocycles. The summed E-state index contributed by atoms with van der Waals surface area (Å²) in [6.07, 6.45) is 0. The molecule has 1 N–H and O–H groups in total. The molecule has 0 amide bonds. The third-order valence-corrected chi connectivity index (χ3v) is 4.92. The van der Waals surface area contributed by atoms with Gasteiger partial charge in [-0.15, -0.1) is 0 Å². The number of furan rings is 1. The molecule has 2 rings (SSSR count). The molecule has 0 unspecified atom stereocenters. The van der Waals surface area contributed by atoms with Gasteiger partial charge in [-0.05, 0) is 19.2 Å². The number of rotatable bonds is 5. The Morgan fingerprint density at radius 2 is 1.95 bits per heavy atom. The molecule has 112 valence electrons. The summed E-state index contributed by atoms with van der Waals surface area (Å²) in [6, 6.07) is 2.35. The summed E-state index contributed by atoms with van der Waals surface area (Å²) >= 11 is 0. The summed E-state index contributed by atoms with van der Waals surface area (Å²) in [7, 11) is -1.54. The molecular formula is C12H18N2O5S. The van der Waals surface area contributed by atoms with E-state index in [1.165, 1.54) is 6.07 Å². The van der Waals surface area contributed by atoms with Crippen LogP contribution in [0.3, 0.4) is 0 Å². The minimum atomic E-state index is -3.57. The molecule has 0 aliphatic carbocycles. The van der Waals surface area contributed by atoms with Crippen molar-refractivity contribution in [3.05, 3.63) is 17.9 Å². The molecule has 8 heteroatoms. The average molecular weight is 302 g/mol. The van der Waals surface area contributed by atoms with Gasteiger partial charge in [-0.2, -0.15) is 0 Å². The first-order valence-electron chi connectivity index (χ1n) is 6.35. The first-order valence-corrected chi connectivity index (χ1v) is 8.00. The normalized spacial score (nSPS) is 18.2. The highest BCUT2D eigenvalue weighted by atomic mass is 32.2.